The second kappa shape index (κ2) is 8.00. The Morgan fingerprint density at radius 1 is 0.844 bits per heavy atom. The first-order chi connectivity index (χ1) is 15.5. The highest BCUT2D eigenvalue weighted by molar-refractivity contribution is 8.13. The number of carbonyl (C=O) groups excluding carboxylic acids is 1. The zero-order valence-corrected chi connectivity index (χ0v) is 19.8. The first-order valence-corrected chi connectivity index (χ1v) is 12.6. The fourth-order valence-corrected chi connectivity index (χ4v) is 5.81. The number of nitrogens with zero attached hydrogens (tertiary/aromatic N) is 1. The van der Waals surface area contributed by atoms with E-state index in [0.717, 1.165) is 31.6 Å². The highest BCUT2D eigenvalue weighted by atomic mass is 32.2. The van der Waals surface area contributed by atoms with Gasteiger partial charge in [0.1, 0.15) is 0 Å². The summed E-state index contributed by atoms with van der Waals surface area (Å²) < 4.78 is 0. The zero-order valence-electron chi connectivity index (χ0n) is 19.0. The van der Waals surface area contributed by atoms with Gasteiger partial charge in [0.15, 0.2) is 0 Å². The first-order valence-electron chi connectivity index (χ1n) is 11.4. The van der Waals surface area contributed by atoms with Gasteiger partial charge in [0.2, 0.25) is 0 Å². The van der Waals surface area contributed by atoms with E-state index in [2.05, 4.69) is 96.9 Å². The van der Waals surface area contributed by atoms with E-state index in [1.165, 1.54) is 39.7 Å². The lowest BCUT2D eigenvalue weighted by Crippen LogP contribution is -2.47. The van der Waals surface area contributed by atoms with Crippen molar-refractivity contribution in [2.45, 2.75) is 37.5 Å². The van der Waals surface area contributed by atoms with E-state index in [0.29, 0.717) is 0 Å². The first kappa shape index (κ1) is 21.1. The van der Waals surface area contributed by atoms with Gasteiger partial charge in [0.05, 0.1) is 0 Å². The molecule has 1 amide bonds. The molecule has 164 valence electrons. The normalized spacial score (nSPS) is 24.0. The lowest BCUT2D eigenvalue weighted by molar-refractivity contribution is 0.270. The zero-order chi connectivity index (χ0) is 22.3. The van der Waals surface area contributed by atoms with Crippen LogP contribution in [0.4, 0.5) is 16.2 Å². The fraction of sp³-hybridized carbons (Fsp3) is 0.321. The second-order valence-electron chi connectivity index (χ2n) is 9.42. The number of hydrogen-bond acceptors (Lipinski definition) is 3. The molecule has 0 aromatic heterocycles. The molecule has 2 atom stereocenters. The van der Waals surface area contributed by atoms with Crippen molar-refractivity contribution < 1.29 is 4.79 Å². The van der Waals surface area contributed by atoms with Gasteiger partial charge in [-0.1, -0.05) is 86.3 Å². The van der Waals surface area contributed by atoms with Gasteiger partial charge in [-0.3, -0.25) is 4.79 Å². The molecule has 2 aliphatic heterocycles. The molecule has 2 unspecified atom stereocenters. The summed E-state index contributed by atoms with van der Waals surface area (Å²) in [5.41, 5.74) is 7.38. The summed E-state index contributed by atoms with van der Waals surface area (Å²) >= 11 is 1.22. The molecule has 4 heteroatoms. The van der Waals surface area contributed by atoms with Crippen molar-refractivity contribution >= 4 is 28.4 Å². The molecular formula is C28H30N2OS. The van der Waals surface area contributed by atoms with Crippen LogP contribution in [0.15, 0.2) is 72.8 Å². The van der Waals surface area contributed by atoms with Crippen molar-refractivity contribution in [1.82, 2.24) is 0 Å². The predicted molar refractivity (Wildman–Crippen MR) is 136 cm³/mol. The van der Waals surface area contributed by atoms with E-state index in [-0.39, 0.29) is 16.1 Å². The minimum Gasteiger partial charge on any atom is -0.371 e. The molecule has 0 radical (unpaired) electrons. The number of anilines is 2. The van der Waals surface area contributed by atoms with Crippen LogP contribution >= 0.6 is 11.8 Å². The maximum Gasteiger partial charge on any atom is 0.283 e. The van der Waals surface area contributed by atoms with Gasteiger partial charge < -0.3 is 10.2 Å². The molecular weight excluding hydrogens is 412 g/mol. The Morgan fingerprint density at radius 3 is 1.75 bits per heavy atom. The van der Waals surface area contributed by atoms with Crippen molar-refractivity contribution in [3.8, 4) is 0 Å². The number of carbonyl (C=O) groups is 1. The number of nitrogens with one attached hydrogen (secondary N) is 1. The number of hydrogen-bond donors (Lipinski definition) is 1. The van der Waals surface area contributed by atoms with E-state index in [9.17, 15) is 4.79 Å². The minimum absolute atomic E-state index is 0.0246. The van der Waals surface area contributed by atoms with Crippen LogP contribution in [0.3, 0.4) is 0 Å². The van der Waals surface area contributed by atoms with E-state index in [1.807, 2.05) is 6.26 Å². The summed E-state index contributed by atoms with van der Waals surface area (Å²) in [5, 5.41) is 3.11. The van der Waals surface area contributed by atoms with Crippen LogP contribution in [0.2, 0.25) is 0 Å². The summed E-state index contributed by atoms with van der Waals surface area (Å²) in [6.45, 7) is 6.83. The Kier molecular flexibility index (Phi) is 5.29. The van der Waals surface area contributed by atoms with Gasteiger partial charge in [0, 0.05) is 35.3 Å². The SMILES string of the molecule is CSC(=O)Nc1cc2c3c(c1)C(C)(c1ccccc1)CCN3CCC2(C)c1ccccc1. The van der Waals surface area contributed by atoms with Gasteiger partial charge in [-0.25, -0.2) is 0 Å². The average molecular weight is 443 g/mol. The van der Waals surface area contributed by atoms with E-state index in [1.54, 1.807) is 0 Å². The maximum absolute atomic E-state index is 12.3. The third-order valence-corrected chi connectivity index (χ3v) is 8.11. The molecule has 3 aromatic carbocycles. The number of benzene rings is 3. The lowest BCUT2D eigenvalue weighted by atomic mass is 9.64. The highest BCUT2D eigenvalue weighted by Crippen LogP contribution is 2.54. The molecule has 0 spiro atoms. The second-order valence-corrected chi connectivity index (χ2v) is 10.2. The van der Waals surface area contributed by atoms with Crippen molar-refractivity contribution in [3.63, 3.8) is 0 Å². The molecule has 2 aliphatic rings. The van der Waals surface area contributed by atoms with Gasteiger partial charge in [-0.15, -0.1) is 0 Å². The van der Waals surface area contributed by atoms with Gasteiger partial charge in [-0.05, 0) is 53.5 Å². The monoisotopic (exact) mass is 442 g/mol. The van der Waals surface area contributed by atoms with Crippen LogP contribution in [0, 0.1) is 0 Å². The summed E-state index contributed by atoms with van der Waals surface area (Å²) in [4.78, 5) is 14.9. The topological polar surface area (TPSA) is 32.3 Å². The van der Waals surface area contributed by atoms with Gasteiger partial charge in [-0.2, -0.15) is 0 Å². The summed E-state index contributed by atoms with van der Waals surface area (Å²) in [6, 6.07) is 26.1. The fourth-order valence-electron chi connectivity index (χ4n) is 5.59. The average Bonchev–Trinajstić information content (AvgIpc) is 2.84. The molecule has 1 N–H and O–H groups in total. The molecule has 0 saturated carbocycles. The van der Waals surface area contributed by atoms with Crippen molar-refractivity contribution in [2.24, 2.45) is 0 Å². The van der Waals surface area contributed by atoms with Crippen LogP contribution in [-0.4, -0.2) is 24.6 Å². The van der Waals surface area contributed by atoms with Crippen LogP contribution < -0.4 is 10.2 Å². The summed E-state index contributed by atoms with van der Waals surface area (Å²) in [7, 11) is 0. The Balaban J connectivity index is 1.77. The smallest absolute Gasteiger partial charge is 0.283 e. The molecule has 0 aliphatic carbocycles. The maximum atomic E-state index is 12.3. The molecule has 0 saturated heterocycles. The molecule has 2 heterocycles. The van der Waals surface area contributed by atoms with Crippen molar-refractivity contribution in [1.29, 1.82) is 0 Å². The van der Waals surface area contributed by atoms with Crippen molar-refractivity contribution in [3.05, 3.63) is 95.1 Å². The Bertz CT molecular complexity index is 1070. The van der Waals surface area contributed by atoms with Crippen LogP contribution in [0.25, 0.3) is 0 Å². The molecule has 3 nitrogen and oxygen atoms in total. The van der Waals surface area contributed by atoms with Crippen LogP contribution in [0.1, 0.15) is 48.9 Å². The number of amides is 1. The number of rotatable bonds is 3. The van der Waals surface area contributed by atoms with Gasteiger partial charge in [0.25, 0.3) is 5.24 Å². The Labute approximate surface area is 195 Å². The molecule has 3 aromatic rings. The summed E-state index contributed by atoms with van der Waals surface area (Å²) in [6.07, 6.45) is 3.94. The molecule has 5 rings (SSSR count). The highest BCUT2D eigenvalue weighted by Gasteiger charge is 2.44. The van der Waals surface area contributed by atoms with Crippen LogP contribution in [0.5, 0.6) is 0 Å². The third kappa shape index (κ3) is 3.32. The Morgan fingerprint density at radius 2 is 1.31 bits per heavy atom. The Hall–Kier alpha value is -2.72. The lowest BCUT2D eigenvalue weighted by Gasteiger charge is -2.50. The number of thioether (sulfide) groups is 1. The summed E-state index contributed by atoms with van der Waals surface area (Å²) in [5.74, 6) is 0. The standard InChI is InChI=1S/C28H30N2OS/c1-27(20-10-6-4-7-11-20)14-16-30-17-15-28(2,21-12-8-5-9-13-21)24-19-22(29-26(31)32-3)18-23(27)25(24)30/h4-13,18-19H,14-17H2,1-3H3,(H,29,31). The van der Waals surface area contributed by atoms with E-state index in [4.69, 9.17) is 0 Å². The van der Waals surface area contributed by atoms with Crippen LogP contribution in [-0.2, 0) is 10.8 Å². The third-order valence-electron chi connectivity index (χ3n) is 7.63. The van der Waals surface area contributed by atoms with Gasteiger partial charge >= 0.3 is 0 Å². The molecule has 0 bridgehead atoms. The van der Waals surface area contributed by atoms with Crippen molar-refractivity contribution in [2.75, 3.05) is 29.6 Å². The van der Waals surface area contributed by atoms with E-state index < -0.39 is 0 Å². The minimum atomic E-state index is -0.100. The molecule has 0 fully saturated rings. The quantitative estimate of drug-likeness (QED) is 0.484. The molecule has 32 heavy (non-hydrogen) atoms. The van der Waals surface area contributed by atoms with E-state index >= 15 is 0 Å². The predicted octanol–water partition coefficient (Wildman–Crippen LogP) is 6.81. The largest absolute Gasteiger partial charge is 0.371 e.